The smallest absolute Gasteiger partial charge is 0.325 e. The topological polar surface area (TPSA) is 124 Å². The van der Waals surface area contributed by atoms with Crippen LogP contribution in [0.5, 0.6) is 5.75 Å². The van der Waals surface area contributed by atoms with Gasteiger partial charge in [0.25, 0.3) is 0 Å². The van der Waals surface area contributed by atoms with E-state index in [0.717, 1.165) is 23.1 Å². The highest BCUT2D eigenvalue weighted by molar-refractivity contribution is 8.00. The van der Waals surface area contributed by atoms with Gasteiger partial charge in [0.15, 0.2) is 5.82 Å². The van der Waals surface area contributed by atoms with E-state index in [1.165, 1.54) is 4.68 Å². The molecule has 1 heterocycles. The van der Waals surface area contributed by atoms with Crippen molar-refractivity contribution >= 4 is 29.4 Å². The molecule has 156 valence electrons. The monoisotopic (exact) mass is 426 g/mol. The molecule has 1 aromatic heterocycles. The van der Waals surface area contributed by atoms with Crippen LogP contribution in [0.15, 0.2) is 59.8 Å². The number of nitrogens with zero attached hydrogens (tertiary/aromatic N) is 3. The molecule has 0 saturated heterocycles. The largest absolute Gasteiger partial charge is 0.494 e. The predicted molar refractivity (Wildman–Crippen MR) is 116 cm³/mol. The quantitative estimate of drug-likeness (QED) is 0.392. The van der Waals surface area contributed by atoms with Gasteiger partial charge in [-0.25, -0.2) is 9.47 Å². The number of imide groups is 1. The van der Waals surface area contributed by atoms with E-state index in [-0.39, 0.29) is 0 Å². The van der Waals surface area contributed by atoms with Crippen LogP contribution in [0.3, 0.4) is 0 Å². The minimum Gasteiger partial charge on any atom is -0.494 e. The maximum Gasteiger partial charge on any atom is 0.325 e. The molecule has 1 unspecified atom stereocenters. The second-order valence-corrected chi connectivity index (χ2v) is 7.51. The number of nitrogens with two attached hydrogens (primary N) is 1. The number of anilines is 1. The summed E-state index contributed by atoms with van der Waals surface area (Å²) >= 11 is 1.10. The Hall–Kier alpha value is -3.53. The van der Waals surface area contributed by atoms with Gasteiger partial charge < -0.3 is 15.9 Å². The first kappa shape index (κ1) is 21.2. The van der Waals surface area contributed by atoms with Gasteiger partial charge in [0.1, 0.15) is 5.75 Å². The Labute approximate surface area is 178 Å². The van der Waals surface area contributed by atoms with Crippen LogP contribution < -0.4 is 21.2 Å². The van der Waals surface area contributed by atoms with Crippen LogP contribution in [0.2, 0.25) is 0 Å². The van der Waals surface area contributed by atoms with Gasteiger partial charge >= 0.3 is 6.03 Å². The highest BCUT2D eigenvalue weighted by atomic mass is 32.2. The molecule has 30 heavy (non-hydrogen) atoms. The van der Waals surface area contributed by atoms with E-state index in [1.807, 2.05) is 37.3 Å². The third-order valence-electron chi connectivity index (χ3n) is 4.01. The Morgan fingerprint density at radius 1 is 1.13 bits per heavy atom. The molecule has 0 aliphatic rings. The van der Waals surface area contributed by atoms with Gasteiger partial charge in [-0.1, -0.05) is 30.0 Å². The summed E-state index contributed by atoms with van der Waals surface area (Å²) in [5.41, 5.74) is 1.35. The van der Waals surface area contributed by atoms with Gasteiger partial charge in [-0.2, -0.15) is 0 Å². The van der Waals surface area contributed by atoms with Gasteiger partial charge in [-0.05, 0) is 50.2 Å². The van der Waals surface area contributed by atoms with Crippen molar-refractivity contribution in [2.45, 2.75) is 24.3 Å². The van der Waals surface area contributed by atoms with Crippen LogP contribution >= 0.6 is 11.8 Å². The molecule has 0 bridgehead atoms. The van der Waals surface area contributed by atoms with Crippen molar-refractivity contribution in [2.75, 3.05) is 17.8 Å². The SMILES string of the molecule is CCOc1ccc(-c2nnc(SC(C)C(=O)NC(=O)Nc3ccccc3)n2N)cc1. The van der Waals surface area contributed by atoms with Crippen LogP contribution in [0.25, 0.3) is 11.4 Å². The van der Waals surface area contributed by atoms with E-state index < -0.39 is 17.2 Å². The first-order chi connectivity index (χ1) is 14.5. The van der Waals surface area contributed by atoms with Crippen LogP contribution in [0, 0.1) is 0 Å². The van der Waals surface area contributed by atoms with Crippen molar-refractivity contribution in [3.05, 3.63) is 54.6 Å². The van der Waals surface area contributed by atoms with E-state index in [1.54, 1.807) is 31.2 Å². The normalized spacial score (nSPS) is 11.5. The molecule has 9 nitrogen and oxygen atoms in total. The average Bonchev–Trinajstić information content (AvgIpc) is 3.09. The van der Waals surface area contributed by atoms with Gasteiger partial charge in [-0.15, -0.1) is 10.2 Å². The maximum atomic E-state index is 12.3. The van der Waals surface area contributed by atoms with Crippen LogP contribution in [-0.4, -0.2) is 38.7 Å². The van der Waals surface area contributed by atoms with E-state index in [4.69, 9.17) is 10.6 Å². The fraction of sp³-hybridized carbons (Fsp3) is 0.200. The van der Waals surface area contributed by atoms with E-state index >= 15 is 0 Å². The molecule has 0 saturated carbocycles. The predicted octanol–water partition coefficient (Wildman–Crippen LogP) is 2.89. The second-order valence-electron chi connectivity index (χ2n) is 6.20. The maximum absolute atomic E-state index is 12.3. The number of rotatable bonds is 7. The molecule has 2 aromatic carbocycles. The van der Waals surface area contributed by atoms with E-state index in [9.17, 15) is 9.59 Å². The van der Waals surface area contributed by atoms with Crippen molar-refractivity contribution in [1.29, 1.82) is 0 Å². The number of urea groups is 1. The third kappa shape index (κ3) is 5.29. The average molecular weight is 427 g/mol. The van der Waals surface area contributed by atoms with Crippen molar-refractivity contribution in [2.24, 2.45) is 0 Å². The number of nitrogen functional groups attached to an aromatic ring is 1. The molecule has 0 aliphatic carbocycles. The Morgan fingerprint density at radius 3 is 2.50 bits per heavy atom. The summed E-state index contributed by atoms with van der Waals surface area (Å²) in [6, 6.07) is 15.5. The summed E-state index contributed by atoms with van der Waals surface area (Å²) in [4.78, 5) is 24.3. The van der Waals surface area contributed by atoms with Crippen molar-refractivity contribution in [3.63, 3.8) is 0 Å². The Balaban J connectivity index is 1.60. The summed E-state index contributed by atoms with van der Waals surface area (Å²) in [5, 5.41) is 12.8. The molecule has 1 atom stereocenters. The molecule has 3 amide bonds. The lowest BCUT2D eigenvalue weighted by Gasteiger charge is -2.11. The Kier molecular flexibility index (Phi) is 6.91. The molecule has 4 N–H and O–H groups in total. The van der Waals surface area contributed by atoms with Crippen LogP contribution in [0.4, 0.5) is 10.5 Å². The molecule has 0 radical (unpaired) electrons. The number of thioether (sulfide) groups is 1. The number of hydrogen-bond acceptors (Lipinski definition) is 7. The highest BCUT2D eigenvalue weighted by Gasteiger charge is 2.21. The highest BCUT2D eigenvalue weighted by Crippen LogP contribution is 2.26. The lowest BCUT2D eigenvalue weighted by Crippen LogP contribution is -2.39. The number of para-hydroxylation sites is 1. The number of amides is 3. The summed E-state index contributed by atoms with van der Waals surface area (Å²) in [6.45, 7) is 4.15. The standard InChI is InChI=1S/C20H22N6O3S/c1-3-29-16-11-9-14(10-12-16)17-24-25-20(26(17)21)30-13(2)18(27)23-19(28)22-15-7-5-4-6-8-15/h4-13H,3,21H2,1-2H3,(H2,22,23,27,28). The third-order valence-corrected chi connectivity index (χ3v) is 5.06. The number of benzene rings is 2. The van der Waals surface area contributed by atoms with Gasteiger partial charge in [0.2, 0.25) is 11.1 Å². The molecule has 3 aromatic rings. The molecule has 0 fully saturated rings. The zero-order valence-corrected chi connectivity index (χ0v) is 17.3. The Bertz CT molecular complexity index is 1010. The van der Waals surface area contributed by atoms with Gasteiger partial charge in [0.05, 0.1) is 11.9 Å². The zero-order valence-electron chi connectivity index (χ0n) is 16.5. The van der Waals surface area contributed by atoms with E-state index in [0.29, 0.717) is 23.3 Å². The number of carbonyl (C=O) groups is 2. The molecular weight excluding hydrogens is 404 g/mol. The number of hydrogen-bond donors (Lipinski definition) is 3. The van der Waals surface area contributed by atoms with Gasteiger partial charge in [-0.3, -0.25) is 10.1 Å². The van der Waals surface area contributed by atoms with Gasteiger partial charge in [0, 0.05) is 11.3 Å². The lowest BCUT2D eigenvalue weighted by atomic mass is 10.2. The molecule has 10 heteroatoms. The number of nitrogens with one attached hydrogen (secondary N) is 2. The first-order valence-electron chi connectivity index (χ1n) is 9.25. The number of carbonyl (C=O) groups excluding carboxylic acids is 2. The van der Waals surface area contributed by atoms with Crippen LogP contribution in [0.1, 0.15) is 13.8 Å². The summed E-state index contributed by atoms with van der Waals surface area (Å²) in [6.07, 6.45) is 0. The number of ether oxygens (including phenoxy) is 1. The molecular formula is C20H22N6O3S. The summed E-state index contributed by atoms with van der Waals surface area (Å²) in [5.74, 6) is 6.84. The molecule has 0 spiro atoms. The number of aromatic nitrogens is 3. The lowest BCUT2D eigenvalue weighted by molar-refractivity contribution is -0.119. The zero-order chi connectivity index (χ0) is 21.5. The summed E-state index contributed by atoms with van der Waals surface area (Å²) < 4.78 is 6.74. The van der Waals surface area contributed by atoms with Crippen molar-refractivity contribution < 1.29 is 14.3 Å². The minimum absolute atomic E-state index is 0.352. The first-order valence-corrected chi connectivity index (χ1v) is 10.1. The summed E-state index contributed by atoms with van der Waals surface area (Å²) in [7, 11) is 0. The fourth-order valence-electron chi connectivity index (χ4n) is 2.53. The second kappa shape index (κ2) is 9.79. The minimum atomic E-state index is -0.619. The van der Waals surface area contributed by atoms with Crippen LogP contribution in [-0.2, 0) is 4.79 Å². The fourth-order valence-corrected chi connectivity index (χ4v) is 3.30. The van der Waals surface area contributed by atoms with Crippen molar-refractivity contribution in [3.8, 4) is 17.1 Å². The van der Waals surface area contributed by atoms with Crippen molar-refractivity contribution in [1.82, 2.24) is 20.2 Å². The van der Waals surface area contributed by atoms with E-state index in [2.05, 4.69) is 20.8 Å². The molecule has 3 rings (SSSR count). The Morgan fingerprint density at radius 2 is 1.83 bits per heavy atom. The molecule has 0 aliphatic heterocycles.